The fourth-order valence-electron chi connectivity index (χ4n) is 1.88. The van der Waals surface area contributed by atoms with E-state index in [9.17, 15) is 17.6 Å². The molecule has 1 aromatic rings. The largest absolute Gasteiger partial charge is 0.399 e. The van der Waals surface area contributed by atoms with Crippen molar-refractivity contribution in [2.24, 2.45) is 0 Å². The minimum absolute atomic E-state index is 0.00561. The molecule has 1 rings (SSSR count). The number of nitrogens with two attached hydrogens (primary N) is 1. The number of halogens is 1. The topological polar surface area (TPSA) is 80.5 Å². The molecule has 1 aromatic carbocycles. The predicted molar refractivity (Wildman–Crippen MR) is 75.4 cm³/mol. The highest BCUT2D eigenvalue weighted by Crippen LogP contribution is 2.21. The zero-order chi connectivity index (χ0) is 15.5. The average molecular weight is 302 g/mol. The van der Waals surface area contributed by atoms with Gasteiger partial charge in [0.2, 0.25) is 5.91 Å². The summed E-state index contributed by atoms with van der Waals surface area (Å²) in [5, 5.41) is -1.27. The quantitative estimate of drug-likeness (QED) is 0.835. The Bertz CT molecular complexity index is 577. The summed E-state index contributed by atoms with van der Waals surface area (Å²) in [4.78, 5) is 13.3. The van der Waals surface area contributed by atoms with E-state index < -0.39 is 26.8 Å². The maximum absolute atomic E-state index is 13.3. The Morgan fingerprint density at radius 2 is 1.85 bits per heavy atom. The number of hydrogen-bond acceptors (Lipinski definition) is 4. The molecule has 0 spiro atoms. The molecule has 2 N–H and O–H groups in total. The van der Waals surface area contributed by atoms with Crippen LogP contribution < -0.4 is 5.73 Å². The Balaban J connectivity index is 3.19. The normalized spacial score (nSPS) is 13.0. The zero-order valence-electron chi connectivity index (χ0n) is 11.8. The van der Waals surface area contributed by atoms with Crippen LogP contribution >= 0.6 is 0 Å². The van der Waals surface area contributed by atoms with Crippen LogP contribution in [0.3, 0.4) is 0 Å². The second kappa shape index (κ2) is 6.21. The van der Waals surface area contributed by atoms with Gasteiger partial charge in [0.15, 0.2) is 9.84 Å². The van der Waals surface area contributed by atoms with Crippen molar-refractivity contribution in [2.75, 3.05) is 18.8 Å². The van der Waals surface area contributed by atoms with Crippen LogP contribution in [-0.2, 0) is 14.6 Å². The Morgan fingerprint density at radius 3 is 2.30 bits per heavy atom. The molecule has 0 aliphatic carbocycles. The van der Waals surface area contributed by atoms with Crippen molar-refractivity contribution in [2.45, 2.75) is 30.9 Å². The SMILES string of the molecule is CCN(CC)C(=O)C(C)S(=O)(=O)c1cc(N)cc(F)c1. The first-order valence-electron chi connectivity index (χ1n) is 6.32. The maximum Gasteiger partial charge on any atom is 0.240 e. The van der Waals surface area contributed by atoms with E-state index >= 15 is 0 Å². The molecule has 20 heavy (non-hydrogen) atoms. The summed E-state index contributed by atoms with van der Waals surface area (Å²) in [5.41, 5.74) is 5.45. The molecule has 0 aromatic heterocycles. The molecular weight excluding hydrogens is 283 g/mol. The number of benzene rings is 1. The van der Waals surface area contributed by atoms with Gasteiger partial charge in [0.1, 0.15) is 11.1 Å². The molecule has 0 heterocycles. The van der Waals surface area contributed by atoms with Crippen LogP contribution in [-0.4, -0.2) is 37.6 Å². The fourth-order valence-corrected chi connectivity index (χ4v) is 3.28. The smallest absolute Gasteiger partial charge is 0.240 e. The number of rotatable bonds is 5. The van der Waals surface area contributed by atoms with Crippen molar-refractivity contribution in [3.8, 4) is 0 Å². The molecule has 112 valence electrons. The van der Waals surface area contributed by atoms with Crippen molar-refractivity contribution < 1.29 is 17.6 Å². The second-order valence-electron chi connectivity index (χ2n) is 4.42. The van der Waals surface area contributed by atoms with E-state index in [1.165, 1.54) is 11.8 Å². The fraction of sp³-hybridized carbons (Fsp3) is 0.462. The van der Waals surface area contributed by atoms with Crippen LogP contribution in [0, 0.1) is 5.82 Å². The number of sulfone groups is 1. The first kappa shape index (κ1) is 16.4. The lowest BCUT2D eigenvalue weighted by Crippen LogP contribution is -2.41. The third-order valence-corrected chi connectivity index (χ3v) is 5.14. The number of hydrogen-bond donors (Lipinski definition) is 1. The Hall–Kier alpha value is -1.63. The summed E-state index contributed by atoms with van der Waals surface area (Å²) in [6, 6.07) is 3.05. The van der Waals surface area contributed by atoms with Crippen molar-refractivity contribution in [3.05, 3.63) is 24.0 Å². The van der Waals surface area contributed by atoms with Gasteiger partial charge in [-0.1, -0.05) is 0 Å². The lowest BCUT2D eigenvalue weighted by Gasteiger charge is -2.23. The van der Waals surface area contributed by atoms with Gasteiger partial charge in [-0.2, -0.15) is 0 Å². The molecule has 1 unspecified atom stereocenters. The van der Waals surface area contributed by atoms with E-state index in [1.54, 1.807) is 13.8 Å². The van der Waals surface area contributed by atoms with Gasteiger partial charge in [-0.15, -0.1) is 0 Å². The van der Waals surface area contributed by atoms with Crippen LogP contribution in [0.5, 0.6) is 0 Å². The van der Waals surface area contributed by atoms with Gasteiger partial charge in [0.25, 0.3) is 0 Å². The van der Waals surface area contributed by atoms with Crippen LogP contribution in [0.1, 0.15) is 20.8 Å². The first-order chi connectivity index (χ1) is 9.23. The zero-order valence-corrected chi connectivity index (χ0v) is 12.6. The molecule has 0 aliphatic heterocycles. The van der Waals surface area contributed by atoms with Gasteiger partial charge >= 0.3 is 0 Å². The molecule has 1 amide bonds. The molecule has 7 heteroatoms. The summed E-state index contributed by atoms with van der Waals surface area (Å²) >= 11 is 0. The number of nitrogen functional groups attached to an aromatic ring is 1. The molecule has 0 aliphatic rings. The second-order valence-corrected chi connectivity index (χ2v) is 6.69. The van der Waals surface area contributed by atoms with Gasteiger partial charge < -0.3 is 10.6 Å². The molecule has 5 nitrogen and oxygen atoms in total. The van der Waals surface area contributed by atoms with Crippen molar-refractivity contribution >= 4 is 21.4 Å². The van der Waals surface area contributed by atoms with Crippen molar-refractivity contribution in [3.63, 3.8) is 0 Å². The van der Waals surface area contributed by atoms with Gasteiger partial charge in [0.05, 0.1) is 4.90 Å². The Labute approximate surface area is 118 Å². The molecule has 0 saturated heterocycles. The van der Waals surface area contributed by atoms with Crippen molar-refractivity contribution in [1.82, 2.24) is 4.90 Å². The van der Waals surface area contributed by atoms with Crippen molar-refractivity contribution in [1.29, 1.82) is 0 Å². The Kier molecular flexibility index (Phi) is 5.10. The van der Waals surface area contributed by atoms with Crippen LogP contribution in [0.15, 0.2) is 23.1 Å². The first-order valence-corrected chi connectivity index (χ1v) is 7.87. The average Bonchev–Trinajstić information content (AvgIpc) is 2.37. The van der Waals surface area contributed by atoms with Gasteiger partial charge in [-0.25, -0.2) is 12.8 Å². The summed E-state index contributed by atoms with van der Waals surface area (Å²) in [5.74, 6) is -1.25. The number of carbonyl (C=O) groups is 1. The summed E-state index contributed by atoms with van der Waals surface area (Å²) in [6.07, 6.45) is 0. The summed E-state index contributed by atoms with van der Waals surface area (Å²) in [6.45, 7) is 5.67. The molecule has 0 saturated carbocycles. The molecular formula is C13H19FN2O3S. The lowest BCUT2D eigenvalue weighted by atomic mass is 10.3. The van der Waals surface area contributed by atoms with E-state index in [1.807, 2.05) is 0 Å². The summed E-state index contributed by atoms with van der Waals surface area (Å²) in [7, 11) is -3.96. The van der Waals surface area contributed by atoms with E-state index in [2.05, 4.69) is 0 Å². The summed E-state index contributed by atoms with van der Waals surface area (Å²) < 4.78 is 38.0. The number of anilines is 1. The van der Waals surface area contributed by atoms with E-state index in [-0.39, 0.29) is 10.6 Å². The molecule has 0 fully saturated rings. The van der Waals surface area contributed by atoms with Gasteiger partial charge in [-0.3, -0.25) is 4.79 Å². The molecule has 0 bridgehead atoms. The van der Waals surface area contributed by atoms with E-state index in [4.69, 9.17) is 5.73 Å². The Morgan fingerprint density at radius 1 is 1.30 bits per heavy atom. The highest BCUT2D eigenvalue weighted by molar-refractivity contribution is 7.92. The van der Waals surface area contributed by atoms with Crippen LogP contribution in [0.4, 0.5) is 10.1 Å². The number of amides is 1. The lowest BCUT2D eigenvalue weighted by molar-refractivity contribution is -0.130. The van der Waals surface area contributed by atoms with Crippen LogP contribution in [0.25, 0.3) is 0 Å². The highest BCUT2D eigenvalue weighted by atomic mass is 32.2. The van der Waals surface area contributed by atoms with E-state index in [0.29, 0.717) is 13.1 Å². The number of nitrogens with zero attached hydrogens (tertiary/aromatic N) is 1. The molecule has 1 atom stereocenters. The third-order valence-electron chi connectivity index (χ3n) is 3.11. The maximum atomic E-state index is 13.3. The van der Waals surface area contributed by atoms with E-state index in [0.717, 1.165) is 18.2 Å². The number of carbonyl (C=O) groups excluding carboxylic acids is 1. The monoisotopic (exact) mass is 302 g/mol. The molecule has 0 radical (unpaired) electrons. The minimum Gasteiger partial charge on any atom is -0.399 e. The third kappa shape index (κ3) is 3.27. The minimum atomic E-state index is -3.96. The highest BCUT2D eigenvalue weighted by Gasteiger charge is 2.32. The van der Waals surface area contributed by atoms with Gasteiger partial charge in [-0.05, 0) is 39.0 Å². The standard InChI is InChI=1S/C13H19FN2O3S/c1-4-16(5-2)13(17)9(3)20(18,19)12-7-10(14)6-11(15)8-12/h6-9H,4-5,15H2,1-3H3. The predicted octanol–water partition coefficient (Wildman–Crippen LogP) is 1.44. The van der Waals surface area contributed by atoms with Gasteiger partial charge in [0, 0.05) is 18.8 Å². The van der Waals surface area contributed by atoms with Crippen LogP contribution in [0.2, 0.25) is 0 Å².